The molecule has 2 spiro atoms. The zero-order valence-corrected chi connectivity index (χ0v) is 19.2. The average Bonchev–Trinajstić information content (AvgIpc) is 3.18. The molecular formula is C25H31FN4O3. The van der Waals surface area contributed by atoms with Gasteiger partial charge in [-0.1, -0.05) is 19.9 Å². The molecule has 2 fully saturated rings. The van der Waals surface area contributed by atoms with Crippen molar-refractivity contribution in [3.8, 4) is 6.07 Å². The van der Waals surface area contributed by atoms with E-state index in [9.17, 15) is 15.2 Å². The third kappa shape index (κ3) is 3.12. The summed E-state index contributed by atoms with van der Waals surface area (Å²) in [6.07, 6.45) is 1.76. The fraction of sp³-hybridized carbons (Fsp3) is 0.640. The SMILES string of the molecule is C[C@@H]1CC2(Cc3ccc(C#N)cc3[C@]23N=C(N)N(CC2(F)CCOCC2)C3=O)C[C@H](C)C1O. The molecule has 1 aromatic rings. The molecule has 0 radical (unpaired) electrons. The maximum Gasteiger partial charge on any atom is 0.262 e. The third-order valence-corrected chi connectivity index (χ3v) is 8.46. The minimum atomic E-state index is -1.58. The van der Waals surface area contributed by atoms with Crippen molar-refractivity contribution >= 4 is 11.9 Å². The molecule has 33 heavy (non-hydrogen) atoms. The van der Waals surface area contributed by atoms with Crippen LogP contribution in [0.4, 0.5) is 4.39 Å². The van der Waals surface area contributed by atoms with Gasteiger partial charge in [-0.15, -0.1) is 0 Å². The standard InChI is InChI=1S/C25H31FN4O3/c1-15-10-23(11-16(2)20(15)31)12-18-4-3-17(13-27)9-19(18)25(23)21(32)30(22(28)29-25)14-24(26)5-7-33-8-6-24/h3-4,9,15-16,20,31H,5-8,10-12,14H2,1-2H3,(H2,28,29)/t15-,16+,20?,23?,25-/m1/s1. The number of halogens is 1. The number of carbonyl (C=O) groups is 1. The topological polar surface area (TPSA) is 112 Å². The Balaban J connectivity index is 1.63. The number of amides is 1. The molecule has 5 atom stereocenters. The number of aliphatic imine (C=N–C) groups is 1. The molecule has 2 aliphatic carbocycles. The highest BCUT2D eigenvalue weighted by atomic mass is 19.1. The number of nitriles is 1. The minimum Gasteiger partial charge on any atom is -0.393 e. The number of ether oxygens (including phenoxy) is 1. The van der Waals surface area contributed by atoms with Crippen LogP contribution in [0.25, 0.3) is 0 Å². The van der Waals surface area contributed by atoms with Gasteiger partial charge in [0.25, 0.3) is 5.91 Å². The molecule has 7 nitrogen and oxygen atoms in total. The lowest BCUT2D eigenvalue weighted by Crippen LogP contribution is -2.56. The Morgan fingerprint density at radius 1 is 1.30 bits per heavy atom. The molecule has 4 aliphatic rings. The van der Waals surface area contributed by atoms with Gasteiger partial charge in [0.15, 0.2) is 11.5 Å². The summed E-state index contributed by atoms with van der Waals surface area (Å²) < 4.78 is 20.9. The predicted octanol–water partition coefficient (Wildman–Crippen LogP) is 2.40. The number of aliphatic hydroxyl groups excluding tert-OH is 1. The largest absolute Gasteiger partial charge is 0.393 e. The van der Waals surface area contributed by atoms with Crippen LogP contribution in [0.15, 0.2) is 23.2 Å². The summed E-state index contributed by atoms with van der Waals surface area (Å²) in [6, 6.07) is 7.59. The Kier molecular flexibility index (Phi) is 5.07. The van der Waals surface area contributed by atoms with Crippen LogP contribution in [0.2, 0.25) is 0 Å². The van der Waals surface area contributed by atoms with Crippen LogP contribution in [-0.4, -0.2) is 53.4 Å². The molecule has 1 saturated carbocycles. The number of benzene rings is 1. The van der Waals surface area contributed by atoms with E-state index in [1.807, 2.05) is 19.9 Å². The minimum absolute atomic E-state index is 0.0309. The molecule has 5 rings (SSSR count). The van der Waals surface area contributed by atoms with Gasteiger partial charge in [0, 0.05) is 31.5 Å². The Morgan fingerprint density at radius 3 is 2.61 bits per heavy atom. The second kappa shape index (κ2) is 7.51. The summed E-state index contributed by atoms with van der Waals surface area (Å²) in [5.41, 5.74) is 5.02. The molecule has 3 N–H and O–H groups in total. The van der Waals surface area contributed by atoms with Crippen LogP contribution in [0, 0.1) is 28.6 Å². The molecule has 1 aromatic carbocycles. The van der Waals surface area contributed by atoms with Crippen molar-refractivity contribution < 1.29 is 19.0 Å². The summed E-state index contributed by atoms with van der Waals surface area (Å²) >= 11 is 0. The lowest BCUT2D eigenvalue weighted by Gasteiger charge is -2.49. The first-order valence-corrected chi connectivity index (χ1v) is 11.8. The van der Waals surface area contributed by atoms with E-state index in [0.717, 1.165) is 5.56 Å². The van der Waals surface area contributed by atoms with E-state index in [-0.39, 0.29) is 43.1 Å². The molecule has 2 heterocycles. The monoisotopic (exact) mass is 454 g/mol. The van der Waals surface area contributed by atoms with Gasteiger partial charge >= 0.3 is 0 Å². The molecule has 2 aliphatic heterocycles. The zero-order chi connectivity index (χ0) is 23.6. The van der Waals surface area contributed by atoms with E-state index < -0.39 is 22.7 Å². The van der Waals surface area contributed by atoms with E-state index in [1.54, 1.807) is 12.1 Å². The number of nitrogens with zero attached hydrogens (tertiary/aromatic N) is 3. The highest BCUT2D eigenvalue weighted by molar-refractivity contribution is 6.08. The first kappa shape index (κ1) is 22.3. The lowest BCUT2D eigenvalue weighted by atomic mass is 9.56. The fourth-order valence-corrected chi connectivity index (χ4v) is 6.90. The number of carbonyl (C=O) groups excluding carboxylic acids is 1. The molecule has 0 aromatic heterocycles. The van der Waals surface area contributed by atoms with Crippen molar-refractivity contribution in [3.05, 3.63) is 34.9 Å². The van der Waals surface area contributed by atoms with Gasteiger partial charge < -0.3 is 15.6 Å². The number of alkyl halides is 1. The van der Waals surface area contributed by atoms with Crippen LogP contribution < -0.4 is 5.73 Å². The maximum absolute atomic E-state index is 15.6. The molecule has 2 unspecified atom stereocenters. The van der Waals surface area contributed by atoms with E-state index in [2.05, 4.69) is 6.07 Å². The number of hydrogen-bond acceptors (Lipinski definition) is 6. The van der Waals surface area contributed by atoms with Crippen LogP contribution >= 0.6 is 0 Å². The van der Waals surface area contributed by atoms with E-state index in [4.69, 9.17) is 15.5 Å². The van der Waals surface area contributed by atoms with Gasteiger partial charge in [0.05, 0.1) is 24.3 Å². The summed E-state index contributed by atoms with van der Waals surface area (Å²) in [5.74, 6) is -0.342. The maximum atomic E-state index is 15.6. The molecule has 0 bridgehead atoms. The summed E-state index contributed by atoms with van der Waals surface area (Å²) in [6.45, 7) is 4.48. The smallest absolute Gasteiger partial charge is 0.262 e. The summed E-state index contributed by atoms with van der Waals surface area (Å²) in [5, 5.41) is 20.2. The van der Waals surface area contributed by atoms with Crippen molar-refractivity contribution in [2.24, 2.45) is 28.0 Å². The van der Waals surface area contributed by atoms with Gasteiger partial charge in [-0.05, 0) is 54.4 Å². The van der Waals surface area contributed by atoms with Crippen molar-refractivity contribution in [1.82, 2.24) is 4.90 Å². The second-order valence-corrected chi connectivity index (χ2v) is 10.6. The van der Waals surface area contributed by atoms with Gasteiger partial charge in [-0.25, -0.2) is 9.38 Å². The number of rotatable bonds is 2. The van der Waals surface area contributed by atoms with Crippen LogP contribution in [-0.2, 0) is 21.5 Å². The van der Waals surface area contributed by atoms with E-state index in [0.29, 0.717) is 43.6 Å². The Bertz CT molecular complexity index is 1050. The van der Waals surface area contributed by atoms with Crippen molar-refractivity contribution in [2.75, 3.05) is 19.8 Å². The first-order chi connectivity index (χ1) is 15.6. The molecule has 1 amide bonds. The van der Waals surface area contributed by atoms with Gasteiger partial charge in [-0.2, -0.15) is 5.26 Å². The highest BCUT2D eigenvalue weighted by Crippen LogP contribution is 2.63. The van der Waals surface area contributed by atoms with E-state index >= 15 is 4.39 Å². The van der Waals surface area contributed by atoms with Crippen molar-refractivity contribution in [1.29, 1.82) is 5.26 Å². The van der Waals surface area contributed by atoms with Crippen LogP contribution in [0.3, 0.4) is 0 Å². The summed E-state index contributed by atoms with van der Waals surface area (Å²) in [4.78, 5) is 20.4. The number of hydrogen-bond donors (Lipinski definition) is 2. The fourth-order valence-electron chi connectivity index (χ4n) is 6.90. The zero-order valence-electron chi connectivity index (χ0n) is 19.2. The Hall–Kier alpha value is -2.50. The first-order valence-electron chi connectivity index (χ1n) is 11.8. The second-order valence-electron chi connectivity index (χ2n) is 10.6. The molecular weight excluding hydrogens is 423 g/mol. The number of fused-ring (bicyclic) bond motifs is 3. The van der Waals surface area contributed by atoms with Crippen molar-refractivity contribution in [2.45, 2.75) is 63.3 Å². The Labute approximate surface area is 193 Å². The molecule has 1 saturated heterocycles. The quantitative estimate of drug-likeness (QED) is 0.713. The van der Waals surface area contributed by atoms with Gasteiger partial charge in [0.2, 0.25) is 0 Å². The number of guanidine groups is 1. The Morgan fingerprint density at radius 2 is 1.97 bits per heavy atom. The molecule has 8 heteroatoms. The van der Waals surface area contributed by atoms with Crippen LogP contribution in [0.1, 0.15) is 56.2 Å². The predicted molar refractivity (Wildman–Crippen MR) is 120 cm³/mol. The number of nitrogens with two attached hydrogens (primary N) is 1. The average molecular weight is 455 g/mol. The normalized spacial score (nSPS) is 37.3. The number of aliphatic hydroxyl groups is 1. The lowest BCUT2D eigenvalue weighted by molar-refractivity contribution is -0.143. The van der Waals surface area contributed by atoms with E-state index in [1.165, 1.54) is 4.90 Å². The van der Waals surface area contributed by atoms with Gasteiger partial charge in [-0.3, -0.25) is 9.69 Å². The third-order valence-electron chi connectivity index (χ3n) is 8.46. The highest BCUT2D eigenvalue weighted by Gasteiger charge is 2.68. The molecule has 176 valence electrons. The van der Waals surface area contributed by atoms with Gasteiger partial charge in [0.1, 0.15) is 5.67 Å². The van der Waals surface area contributed by atoms with Crippen LogP contribution in [0.5, 0.6) is 0 Å². The van der Waals surface area contributed by atoms with Crippen molar-refractivity contribution in [3.63, 3.8) is 0 Å². The summed E-state index contributed by atoms with van der Waals surface area (Å²) in [7, 11) is 0.